The highest BCUT2D eigenvalue weighted by atomic mass is 32.2. The molecule has 1 amide bonds. The fourth-order valence-corrected chi connectivity index (χ4v) is 6.44. The SMILES string of the molecule is CCC1C=C(N(C)c2c(C=CC(=O)OC)nc3ccc(C4=CCN(C(=O)OC(C)(C)C)CC4)cn23)SC=C1c1ccc(F)cc1. The maximum absolute atomic E-state index is 13.6. The van der Waals surface area contributed by atoms with Crippen LogP contribution in [-0.4, -0.2) is 59.2 Å². The number of aromatic nitrogens is 2. The smallest absolute Gasteiger partial charge is 0.410 e. The molecule has 3 aromatic rings. The van der Waals surface area contributed by atoms with Crippen molar-refractivity contribution >= 4 is 52.5 Å². The maximum Gasteiger partial charge on any atom is 0.410 e. The van der Waals surface area contributed by atoms with Crippen molar-refractivity contribution in [1.82, 2.24) is 14.3 Å². The standard InChI is InChI=1S/C35H39FN4O4S/c1-7-23-20-31(45-22-28(23)25-8-11-27(36)12-9-25)38(5)33-29(13-15-32(41)43-6)37-30-14-10-26(21-40(30)33)24-16-18-39(19-17-24)34(42)44-35(2,3)4/h8-16,20-23H,7,17-19H2,1-6H3. The van der Waals surface area contributed by atoms with Gasteiger partial charge >= 0.3 is 12.1 Å². The molecule has 2 aliphatic rings. The van der Waals surface area contributed by atoms with E-state index in [0.717, 1.165) is 45.2 Å². The summed E-state index contributed by atoms with van der Waals surface area (Å²) < 4.78 is 26.0. The summed E-state index contributed by atoms with van der Waals surface area (Å²) >= 11 is 1.59. The second-order valence-corrected chi connectivity index (χ2v) is 12.9. The summed E-state index contributed by atoms with van der Waals surface area (Å²) in [6.45, 7) is 8.77. The summed E-state index contributed by atoms with van der Waals surface area (Å²) in [5.41, 5.74) is 5.12. The first-order valence-electron chi connectivity index (χ1n) is 15.0. The fourth-order valence-electron chi connectivity index (χ4n) is 5.39. The molecule has 0 bridgehead atoms. The molecule has 4 heterocycles. The lowest BCUT2D eigenvalue weighted by Crippen LogP contribution is -2.39. The summed E-state index contributed by atoms with van der Waals surface area (Å²) in [6, 6.07) is 10.6. The minimum Gasteiger partial charge on any atom is -0.466 e. The molecule has 0 saturated heterocycles. The molecule has 0 aliphatic carbocycles. The molecule has 1 aromatic carbocycles. The minimum absolute atomic E-state index is 0.137. The lowest BCUT2D eigenvalue weighted by atomic mass is 9.91. The number of halogens is 1. The van der Waals surface area contributed by atoms with Crippen molar-refractivity contribution in [3.63, 3.8) is 0 Å². The van der Waals surface area contributed by atoms with E-state index in [9.17, 15) is 14.0 Å². The van der Waals surface area contributed by atoms with E-state index in [1.165, 1.54) is 25.3 Å². The molecule has 0 fully saturated rings. The number of methoxy groups -OCH3 is 1. The molecular weight excluding hydrogens is 591 g/mol. The Morgan fingerprint density at radius 1 is 1.16 bits per heavy atom. The topological polar surface area (TPSA) is 76.4 Å². The average molecular weight is 631 g/mol. The number of imidazole rings is 1. The molecule has 236 valence electrons. The zero-order valence-corrected chi connectivity index (χ0v) is 27.4. The van der Waals surface area contributed by atoms with Crippen molar-refractivity contribution in [2.75, 3.05) is 32.1 Å². The van der Waals surface area contributed by atoms with E-state index in [1.54, 1.807) is 22.7 Å². The number of fused-ring (bicyclic) bond motifs is 1. The van der Waals surface area contributed by atoms with Gasteiger partial charge in [-0.05, 0) is 97.7 Å². The summed E-state index contributed by atoms with van der Waals surface area (Å²) in [7, 11) is 3.34. The summed E-state index contributed by atoms with van der Waals surface area (Å²) in [6.07, 6.45) is 10.7. The van der Waals surface area contributed by atoms with Gasteiger partial charge in [-0.2, -0.15) is 0 Å². The van der Waals surface area contributed by atoms with E-state index in [4.69, 9.17) is 14.5 Å². The number of esters is 1. The Morgan fingerprint density at radius 3 is 2.53 bits per heavy atom. The largest absolute Gasteiger partial charge is 0.466 e. The average Bonchev–Trinajstić information content (AvgIpc) is 3.40. The van der Waals surface area contributed by atoms with E-state index in [-0.39, 0.29) is 17.8 Å². The molecule has 0 spiro atoms. The van der Waals surface area contributed by atoms with Crippen LogP contribution < -0.4 is 4.90 Å². The van der Waals surface area contributed by atoms with Crippen LogP contribution in [0.2, 0.25) is 0 Å². The van der Waals surface area contributed by atoms with E-state index < -0.39 is 11.6 Å². The first-order valence-corrected chi connectivity index (χ1v) is 15.9. The Balaban J connectivity index is 1.48. The van der Waals surface area contributed by atoms with Gasteiger partial charge in [-0.3, -0.25) is 4.40 Å². The lowest BCUT2D eigenvalue weighted by molar-refractivity contribution is -0.134. The summed E-state index contributed by atoms with van der Waals surface area (Å²) in [5.74, 6) is 0.215. The van der Waals surface area contributed by atoms with Gasteiger partial charge in [0, 0.05) is 38.3 Å². The molecule has 45 heavy (non-hydrogen) atoms. The third-order valence-electron chi connectivity index (χ3n) is 7.74. The van der Waals surface area contributed by atoms with Crippen molar-refractivity contribution in [3.05, 3.63) is 93.9 Å². The number of benzene rings is 1. The number of carbonyl (C=O) groups excluding carboxylic acids is 2. The zero-order valence-electron chi connectivity index (χ0n) is 26.5. The van der Waals surface area contributed by atoms with E-state index >= 15 is 0 Å². The molecule has 0 saturated carbocycles. The van der Waals surface area contributed by atoms with Gasteiger partial charge in [0.2, 0.25) is 0 Å². The first-order chi connectivity index (χ1) is 21.5. The summed E-state index contributed by atoms with van der Waals surface area (Å²) in [4.78, 5) is 33.3. The third-order valence-corrected chi connectivity index (χ3v) is 8.77. The number of nitrogens with zero attached hydrogens (tertiary/aromatic N) is 4. The number of hydrogen-bond acceptors (Lipinski definition) is 7. The number of thioether (sulfide) groups is 1. The number of amides is 1. The third kappa shape index (κ3) is 7.33. The number of rotatable bonds is 7. The van der Waals surface area contributed by atoms with Crippen LogP contribution >= 0.6 is 11.8 Å². The van der Waals surface area contributed by atoms with Gasteiger partial charge in [0.25, 0.3) is 0 Å². The Morgan fingerprint density at radius 2 is 1.89 bits per heavy atom. The zero-order chi connectivity index (χ0) is 32.3. The highest BCUT2D eigenvalue weighted by Gasteiger charge is 2.26. The Kier molecular flexibility index (Phi) is 9.53. The van der Waals surface area contributed by atoms with Crippen molar-refractivity contribution in [2.45, 2.75) is 46.1 Å². The number of anilines is 1. The van der Waals surface area contributed by atoms with Crippen LogP contribution in [0, 0.1) is 11.7 Å². The quantitative estimate of drug-likeness (QED) is 0.195. The van der Waals surface area contributed by atoms with Crippen LogP contribution in [-0.2, 0) is 14.3 Å². The lowest BCUT2D eigenvalue weighted by Gasteiger charge is -2.30. The Bertz CT molecular complexity index is 1720. The number of pyridine rings is 1. The van der Waals surface area contributed by atoms with Crippen molar-refractivity contribution in [3.8, 4) is 0 Å². The van der Waals surface area contributed by atoms with Gasteiger partial charge in [0.05, 0.1) is 12.1 Å². The number of carbonyl (C=O) groups is 2. The molecule has 0 N–H and O–H groups in total. The maximum atomic E-state index is 13.6. The molecule has 5 rings (SSSR count). The highest BCUT2D eigenvalue weighted by molar-refractivity contribution is 8.06. The summed E-state index contributed by atoms with van der Waals surface area (Å²) in [5, 5.41) is 3.15. The van der Waals surface area contributed by atoms with Crippen LogP contribution in [0.15, 0.2) is 71.3 Å². The molecule has 1 unspecified atom stereocenters. The van der Waals surface area contributed by atoms with E-state index in [2.05, 4.69) is 35.6 Å². The van der Waals surface area contributed by atoms with Gasteiger partial charge in [-0.25, -0.2) is 19.0 Å². The van der Waals surface area contributed by atoms with Gasteiger partial charge in [0.1, 0.15) is 28.6 Å². The molecule has 0 radical (unpaired) electrons. The normalized spacial score (nSPS) is 17.2. The number of allylic oxidation sites excluding steroid dienone is 2. The Hall–Kier alpha value is -4.31. The minimum atomic E-state index is -0.544. The highest BCUT2D eigenvalue weighted by Crippen LogP contribution is 2.41. The van der Waals surface area contributed by atoms with Crippen LogP contribution in [0.5, 0.6) is 0 Å². The molecule has 8 nitrogen and oxygen atoms in total. The van der Waals surface area contributed by atoms with Gasteiger partial charge < -0.3 is 19.3 Å². The monoisotopic (exact) mass is 630 g/mol. The van der Waals surface area contributed by atoms with Crippen LogP contribution in [0.4, 0.5) is 15.0 Å². The second kappa shape index (κ2) is 13.4. The molecule has 2 aromatic heterocycles. The number of hydrogen-bond donors (Lipinski definition) is 0. The first kappa shape index (κ1) is 32.1. The Labute approximate surface area is 267 Å². The van der Waals surface area contributed by atoms with Crippen LogP contribution in [0.3, 0.4) is 0 Å². The van der Waals surface area contributed by atoms with Crippen molar-refractivity contribution in [2.24, 2.45) is 5.92 Å². The molecule has 2 aliphatic heterocycles. The van der Waals surface area contributed by atoms with E-state index in [1.807, 2.05) is 56.5 Å². The predicted octanol–water partition coefficient (Wildman–Crippen LogP) is 7.78. The van der Waals surface area contributed by atoms with Gasteiger partial charge in [-0.15, -0.1) is 0 Å². The molecule has 10 heteroatoms. The van der Waals surface area contributed by atoms with Crippen molar-refractivity contribution in [1.29, 1.82) is 0 Å². The second-order valence-electron chi connectivity index (χ2n) is 12.0. The van der Waals surface area contributed by atoms with Crippen LogP contribution in [0.1, 0.15) is 57.4 Å². The molecular formula is C35H39FN4O4S. The van der Waals surface area contributed by atoms with E-state index in [0.29, 0.717) is 25.2 Å². The number of ether oxygens (including phenoxy) is 2. The fraction of sp³-hybridized carbons (Fsp3) is 0.343. The van der Waals surface area contributed by atoms with Gasteiger partial charge in [0.15, 0.2) is 0 Å². The van der Waals surface area contributed by atoms with Gasteiger partial charge in [-0.1, -0.05) is 36.9 Å². The predicted molar refractivity (Wildman–Crippen MR) is 179 cm³/mol. The molecule has 1 atom stereocenters. The van der Waals surface area contributed by atoms with Crippen LogP contribution in [0.25, 0.3) is 22.9 Å². The van der Waals surface area contributed by atoms with Crippen molar-refractivity contribution < 1.29 is 23.5 Å².